The quantitative estimate of drug-likeness (QED) is 0.450. The van der Waals surface area contributed by atoms with Crippen molar-refractivity contribution in [3.63, 3.8) is 0 Å². The van der Waals surface area contributed by atoms with E-state index in [2.05, 4.69) is 17.3 Å². The summed E-state index contributed by atoms with van der Waals surface area (Å²) < 4.78 is 0. The Labute approximate surface area is 61.0 Å². The second-order valence-electron chi connectivity index (χ2n) is 3.42. The van der Waals surface area contributed by atoms with Crippen LogP contribution < -0.4 is 5.32 Å². The number of aliphatic hydroxyl groups is 1. The highest BCUT2D eigenvalue weighted by atomic mass is 16.3. The summed E-state index contributed by atoms with van der Waals surface area (Å²) in [4.78, 5) is 2.23. The Hall–Kier alpha value is -0.120. The fourth-order valence-corrected chi connectivity index (χ4v) is 2.15. The number of likely N-dealkylation sites (tertiary alicyclic amines) is 1. The number of β-amino-alcohol motifs (C(OH)–C–C–N with tert-alkyl or cyclic N) is 1. The highest BCUT2D eigenvalue weighted by Crippen LogP contribution is 2.27. The largest absolute Gasteiger partial charge is 0.390 e. The first-order valence-corrected chi connectivity index (χ1v) is 3.88. The molecule has 2 N–H and O–H groups in total. The zero-order chi connectivity index (χ0) is 7.14. The van der Waals surface area contributed by atoms with E-state index in [0.717, 1.165) is 19.6 Å². The minimum absolute atomic E-state index is 0.141. The van der Waals surface area contributed by atoms with E-state index < -0.39 is 0 Å². The number of rotatable bonds is 0. The number of fused-ring (bicyclic) bond motifs is 1. The van der Waals surface area contributed by atoms with Crippen molar-refractivity contribution in [1.82, 2.24) is 10.2 Å². The van der Waals surface area contributed by atoms with E-state index in [-0.39, 0.29) is 6.10 Å². The summed E-state index contributed by atoms with van der Waals surface area (Å²) in [6.07, 6.45) is -0.141. The highest BCUT2D eigenvalue weighted by Gasteiger charge is 2.42. The summed E-state index contributed by atoms with van der Waals surface area (Å²) >= 11 is 0. The van der Waals surface area contributed by atoms with Gasteiger partial charge in [-0.2, -0.15) is 0 Å². The normalized spacial score (nSPS) is 48.0. The number of hydrogen-bond acceptors (Lipinski definition) is 3. The average Bonchev–Trinajstić information content (AvgIpc) is 1.85. The summed E-state index contributed by atoms with van der Waals surface area (Å²) in [5.41, 5.74) is 0. The molecule has 0 bridgehead atoms. The van der Waals surface area contributed by atoms with Crippen molar-refractivity contribution < 1.29 is 5.11 Å². The molecule has 3 atom stereocenters. The molecule has 0 aromatic carbocycles. The van der Waals surface area contributed by atoms with Crippen molar-refractivity contribution in [2.75, 3.05) is 26.7 Å². The first-order valence-electron chi connectivity index (χ1n) is 3.88. The van der Waals surface area contributed by atoms with Crippen LogP contribution in [0, 0.1) is 5.92 Å². The van der Waals surface area contributed by atoms with Gasteiger partial charge in [-0.15, -0.1) is 0 Å². The Balaban J connectivity index is 2.01. The summed E-state index contributed by atoms with van der Waals surface area (Å²) in [5, 5.41) is 12.7. The topological polar surface area (TPSA) is 35.5 Å². The van der Waals surface area contributed by atoms with E-state index in [1.165, 1.54) is 0 Å². The van der Waals surface area contributed by atoms with Crippen LogP contribution in [0.4, 0.5) is 0 Å². The maximum atomic E-state index is 9.47. The van der Waals surface area contributed by atoms with Crippen LogP contribution in [0.15, 0.2) is 0 Å². The molecule has 0 aliphatic carbocycles. The number of hydrogen-bond donors (Lipinski definition) is 2. The standard InChI is InChI=1S/C7H14N2O/c1-9-4-5-2-8-3-6(10)7(5)9/h5-8,10H,2-4H2,1H3. The third kappa shape index (κ3) is 0.779. The predicted molar refractivity (Wildman–Crippen MR) is 38.8 cm³/mol. The van der Waals surface area contributed by atoms with E-state index in [9.17, 15) is 5.11 Å². The minimum atomic E-state index is -0.141. The molecule has 0 saturated carbocycles. The maximum absolute atomic E-state index is 9.47. The average molecular weight is 142 g/mol. The van der Waals surface area contributed by atoms with Crippen LogP contribution in [-0.4, -0.2) is 48.8 Å². The van der Waals surface area contributed by atoms with Gasteiger partial charge in [-0.05, 0) is 7.05 Å². The van der Waals surface area contributed by atoms with Gasteiger partial charge in [-0.3, -0.25) is 0 Å². The van der Waals surface area contributed by atoms with Crippen molar-refractivity contribution >= 4 is 0 Å². The van der Waals surface area contributed by atoms with E-state index in [1.54, 1.807) is 0 Å². The zero-order valence-corrected chi connectivity index (χ0v) is 6.25. The summed E-state index contributed by atoms with van der Waals surface area (Å²) in [5.74, 6) is 0.703. The molecule has 2 aliphatic rings. The molecule has 3 unspecified atom stereocenters. The summed E-state index contributed by atoms with van der Waals surface area (Å²) in [7, 11) is 2.08. The van der Waals surface area contributed by atoms with Crippen molar-refractivity contribution in [2.45, 2.75) is 12.1 Å². The van der Waals surface area contributed by atoms with Crippen molar-refractivity contribution in [2.24, 2.45) is 5.92 Å². The molecule has 0 aromatic heterocycles. The Morgan fingerprint density at radius 2 is 2.30 bits per heavy atom. The molecule has 0 aromatic rings. The fourth-order valence-electron chi connectivity index (χ4n) is 2.15. The number of nitrogens with one attached hydrogen (secondary N) is 1. The van der Waals surface area contributed by atoms with Crippen LogP contribution in [0.3, 0.4) is 0 Å². The molecule has 2 rings (SSSR count). The van der Waals surface area contributed by atoms with Crippen LogP contribution in [0.2, 0.25) is 0 Å². The van der Waals surface area contributed by atoms with Gasteiger partial charge >= 0.3 is 0 Å². The first kappa shape index (κ1) is 6.58. The van der Waals surface area contributed by atoms with Gasteiger partial charge in [0.25, 0.3) is 0 Å². The molecule has 2 saturated heterocycles. The Morgan fingerprint density at radius 1 is 1.50 bits per heavy atom. The third-order valence-electron chi connectivity index (χ3n) is 2.67. The molecule has 0 spiro atoms. The monoisotopic (exact) mass is 142 g/mol. The second kappa shape index (κ2) is 2.19. The van der Waals surface area contributed by atoms with Crippen molar-refractivity contribution in [3.05, 3.63) is 0 Å². The first-order chi connectivity index (χ1) is 4.79. The summed E-state index contributed by atoms with van der Waals surface area (Å²) in [6.45, 7) is 3.01. The molecule has 3 nitrogen and oxygen atoms in total. The molecule has 0 amide bonds. The Morgan fingerprint density at radius 3 is 2.80 bits per heavy atom. The van der Waals surface area contributed by atoms with Crippen molar-refractivity contribution in [1.29, 1.82) is 0 Å². The number of aliphatic hydroxyl groups excluding tert-OH is 1. The Kier molecular flexibility index (Phi) is 1.44. The molecular weight excluding hydrogens is 128 g/mol. The van der Waals surface area contributed by atoms with Crippen LogP contribution in [0.1, 0.15) is 0 Å². The van der Waals surface area contributed by atoms with Gasteiger partial charge in [0.2, 0.25) is 0 Å². The molecule has 0 radical (unpaired) electrons. The van der Waals surface area contributed by atoms with E-state index >= 15 is 0 Å². The highest BCUT2D eigenvalue weighted by molar-refractivity contribution is 4.99. The van der Waals surface area contributed by atoms with Gasteiger partial charge in [-0.25, -0.2) is 0 Å². The van der Waals surface area contributed by atoms with Gasteiger partial charge in [-0.1, -0.05) is 0 Å². The van der Waals surface area contributed by atoms with Gasteiger partial charge in [0.05, 0.1) is 6.10 Å². The lowest BCUT2D eigenvalue weighted by Crippen LogP contribution is -2.67. The SMILES string of the molecule is CN1CC2CNCC(O)C21. The van der Waals surface area contributed by atoms with Gasteiger partial charge < -0.3 is 15.3 Å². The zero-order valence-electron chi connectivity index (χ0n) is 6.25. The van der Waals surface area contributed by atoms with Crippen LogP contribution in [0.5, 0.6) is 0 Å². The molecule has 2 fully saturated rings. The van der Waals surface area contributed by atoms with E-state index in [4.69, 9.17) is 0 Å². The van der Waals surface area contributed by atoms with E-state index in [1.807, 2.05) is 0 Å². The maximum Gasteiger partial charge on any atom is 0.0823 e. The molecule has 3 heteroatoms. The molecule has 10 heavy (non-hydrogen) atoms. The van der Waals surface area contributed by atoms with Crippen molar-refractivity contribution in [3.8, 4) is 0 Å². The predicted octanol–water partition coefficient (Wildman–Crippen LogP) is -1.12. The van der Waals surface area contributed by atoms with Crippen LogP contribution >= 0.6 is 0 Å². The fraction of sp³-hybridized carbons (Fsp3) is 1.00. The lowest BCUT2D eigenvalue weighted by atomic mass is 9.82. The minimum Gasteiger partial charge on any atom is -0.390 e. The van der Waals surface area contributed by atoms with Crippen LogP contribution in [-0.2, 0) is 0 Å². The molecular formula is C7H14N2O. The van der Waals surface area contributed by atoms with Gasteiger partial charge in [0.1, 0.15) is 0 Å². The number of nitrogens with zero attached hydrogens (tertiary/aromatic N) is 1. The van der Waals surface area contributed by atoms with Gasteiger partial charge in [0.15, 0.2) is 0 Å². The lowest BCUT2D eigenvalue weighted by Gasteiger charge is -2.51. The van der Waals surface area contributed by atoms with E-state index in [0.29, 0.717) is 12.0 Å². The second-order valence-corrected chi connectivity index (χ2v) is 3.42. The number of likely N-dealkylation sites (N-methyl/N-ethyl adjacent to an activating group) is 1. The molecule has 2 aliphatic heterocycles. The summed E-state index contributed by atoms with van der Waals surface area (Å²) in [6, 6.07) is 0.446. The number of piperidine rings is 1. The molecule has 58 valence electrons. The Bertz CT molecular complexity index is 131. The lowest BCUT2D eigenvalue weighted by molar-refractivity contribution is -0.0668. The smallest absolute Gasteiger partial charge is 0.0823 e. The molecule has 2 heterocycles. The third-order valence-corrected chi connectivity index (χ3v) is 2.67. The van der Waals surface area contributed by atoms with Crippen LogP contribution in [0.25, 0.3) is 0 Å². The van der Waals surface area contributed by atoms with Gasteiger partial charge in [0, 0.05) is 31.6 Å².